The molecule has 1 aliphatic rings. The Balaban J connectivity index is 1.76. The molecule has 1 aromatic heterocycles. The Morgan fingerprint density at radius 3 is 2.14 bits per heavy atom. The second kappa shape index (κ2) is 7.99. The average molecular weight is 477 g/mol. The molecule has 0 atom stereocenters. The molecule has 11 heteroatoms. The van der Waals surface area contributed by atoms with Crippen molar-refractivity contribution in [3.63, 3.8) is 0 Å². The minimum absolute atomic E-state index is 0.0568. The topological polar surface area (TPSA) is 91.8 Å². The maximum absolute atomic E-state index is 12.9. The number of nitrogens with zero attached hydrogens (tertiary/aromatic N) is 2. The highest BCUT2D eigenvalue weighted by Crippen LogP contribution is 2.29. The van der Waals surface area contributed by atoms with Crippen LogP contribution in [0.15, 0.2) is 34.1 Å². The number of hydrogen-bond acceptors (Lipinski definition) is 6. The van der Waals surface area contributed by atoms with E-state index in [1.54, 1.807) is 13.0 Å². The van der Waals surface area contributed by atoms with Gasteiger partial charge < -0.3 is 4.90 Å². The summed E-state index contributed by atoms with van der Waals surface area (Å²) in [6.45, 7) is 4.44. The highest BCUT2D eigenvalue weighted by molar-refractivity contribution is 7.90. The molecule has 1 saturated heterocycles. The molecule has 0 saturated carbocycles. The summed E-state index contributed by atoms with van der Waals surface area (Å²) >= 11 is 7.37. The number of amides is 1. The molecule has 3 rings (SSSR count). The van der Waals surface area contributed by atoms with Crippen LogP contribution in [0.1, 0.15) is 20.1 Å². The predicted molar refractivity (Wildman–Crippen MR) is 113 cm³/mol. The van der Waals surface area contributed by atoms with Gasteiger partial charge in [0.1, 0.15) is 0 Å². The number of benzene rings is 1. The van der Waals surface area contributed by atoms with Crippen LogP contribution in [-0.4, -0.2) is 64.4 Å². The molecule has 2 aromatic rings. The van der Waals surface area contributed by atoms with Crippen molar-refractivity contribution in [1.82, 2.24) is 9.21 Å². The van der Waals surface area contributed by atoms with Gasteiger partial charge in [-0.15, -0.1) is 11.3 Å². The minimum atomic E-state index is -3.61. The summed E-state index contributed by atoms with van der Waals surface area (Å²) in [6, 6.07) is 5.79. The molecule has 7 nitrogen and oxygen atoms in total. The Morgan fingerprint density at radius 2 is 1.62 bits per heavy atom. The molecule has 1 aromatic carbocycles. The third-order valence-electron chi connectivity index (χ3n) is 4.72. The number of rotatable bonds is 4. The second-order valence-corrected chi connectivity index (χ2v) is 12.6. The zero-order valence-corrected chi connectivity index (χ0v) is 19.4. The van der Waals surface area contributed by atoms with Crippen LogP contribution in [0.25, 0.3) is 0 Å². The van der Waals surface area contributed by atoms with Crippen molar-refractivity contribution in [2.45, 2.75) is 23.6 Å². The van der Waals surface area contributed by atoms with Gasteiger partial charge in [-0.3, -0.25) is 4.79 Å². The average Bonchev–Trinajstić information content (AvgIpc) is 2.99. The molecule has 0 N–H and O–H groups in total. The summed E-state index contributed by atoms with van der Waals surface area (Å²) in [5.41, 5.74) is 0.204. The van der Waals surface area contributed by atoms with Crippen LogP contribution in [-0.2, 0) is 19.9 Å². The van der Waals surface area contributed by atoms with Crippen LogP contribution in [0.4, 0.5) is 0 Å². The van der Waals surface area contributed by atoms with Crippen LogP contribution >= 0.6 is 22.9 Å². The molecule has 1 aliphatic heterocycles. The van der Waals surface area contributed by atoms with E-state index >= 15 is 0 Å². The van der Waals surface area contributed by atoms with Gasteiger partial charge in [0.05, 0.1) is 14.8 Å². The van der Waals surface area contributed by atoms with E-state index in [0.29, 0.717) is 4.90 Å². The number of carbonyl (C=O) groups is 1. The van der Waals surface area contributed by atoms with Crippen molar-refractivity contribution in [2.24, 2.45) is 0 Å². The zero-order valence-electron chi connectivity index (χ0n) is 16.2. The van der Waals surface area contributed by atoms with Gasteiger partial charge in [0, 0.05) is 47.8 Å². The first-order valence-corrected chi connectivity index (χ1v) is 13.3. The molecular weight excluding hydrogens is 456 g/mol. The lowest BCUT2D eigenvalue weighted by atomic mass is 10.2. The number of halogens is 1. The van der Waals surface area contributed by atoms with E-state index in [-0.39, 0.29) is 47.6 Å². The SMILES string of the molecule is Cc1cc(S(=O)(=O)N2CCN(C(=O)c3ccc(Cl)c(S(C)(=O)=O)c3)CC2)c(C)s1. The van der Waals surface area contributed by atoms with Gasteiger partial charge in [-0.25, -0.2) is 16.8 Å². The molecule has 1 fully saturated rings. The number of sulfone groups is 1. The maximum Gasteiger partial charge on any atom is 0.253 e. The third kappa shape index (κ3) is 4.51. The van der Waals surface area contributed by atoms with E-state index in [9.17, 15) is 21.6 Å². The first-order chi connectivity index (χ1) is 13.4. The molecule has 0 spiro atoms. The van der Waals surface area contributed by atoms with Gasteiger partial charge in [-0.1, -0.05) is 11.6 Å². The van der Waals surface area contributed by atoms with Crippen molar-refractivity contribution >= 4 is 48.7 Å². The quantitative estimate of drug-likeness (QED) is 0.676. The summed E-state index contributed by atoms with van der Waals surface area (Å²) in [5.74, 6) is -0.355. The fourth-order valence-corrected chi connectivity index (χ4v) is 7.48. The summed E-state index contributed by atoms with van der Waals surface area (Å²) < 4.78 is 50.9. The highest BCUT2D eigenvalue weighted by Gasteiger charge is 2.32. The first kappa shape index (κ1) is 22.2. The molecular formula is C18H21ClN2O5S3. The number of aryl methyl sites for hydroxylation is 2. The molecule has 158 valence electrons. The lowest BCUT2D eigenvalue weighted by Crippen LogP contribution is -2.50. The van der Waals surface area contributed by atoms with Gasteiger partial charge in [0.2, 0.25) is 10.0 Å². The lowest BCUT2D eigenvalue weighted by Gasteiger charge is -2.34. The Kier molecular flexibility index (Phi) is 6.13. The molecule has 2 heterocycles. The minimum Gasteiger partial charge on any atom is -0.336 e. The van der Waals surface area contributed by atoms with Gasteiger partial charge in [-0.05, 0) is 38.1 Å². The Labute approximate surface area is 179 Å². The summed E-state index contributed by atoms with van der Waals surface area (Å²) in [7, 11) is -7.18. The number of thiophene rings is 1. The number of carbonyl (C=O) groups excluding carboxylic acids is 1. The molecule has 0 radical (unpaired) electrons. The molecule has 0 unspecified atom stereocenters. The largest absolute Gasteiger partial charge is 0.336 e. The van der Waals surface area contributed by atoms with E-state index < -0.39 is 19.9 Å². The van der Waals surface area contributed by atoms with E-state index in [1.165, 1.54) is 38.7 Å². The van der Waals surface area contributed by atoms with Crippen molar-refractivity contribution in [3.8, 4) is 0 Å². The number of sulfonamides is 1. The zero-order chi connectivity index (χ0) is 21.6. The summed E-state index contributed by atoms with van der Waals surface area (Å²) in [4.78, 5) is 16.2. The van der Waals surface area contributed by atoms with Crippen LogP contribution in [0.5, 0.6) is 0 Å². The van der Waals surface area contributed by atoms with Gasteiger partial charge in [0.15, 0.2) is 9.84 Å². The van der Waals surface area contributed by atoms with Gasteiger partial charge in [-0.2, -0.15) is 4.31 Å². The Morgan fingerprint density at radius 1 is 1.00 bits per heavy atom. The van der Waals surface area contributed by atoms with Crippen molar-refractivity contribution < 1.29 is 21.6 Å². The van der Waals surface area contributed by atoms with Crippen molar-refractivity contribution in [2.75, 3.05) is 32.4 Å². The first-order valence-electron chi connectivity index (χ1n) is 8.77. The smallest absolute Gasteiger partial charge is 0.253 e. The fraction of sp³-hybridized carbons (Fsp3) is 0.389. The van der Waals surface area contributed by atoms with Crippen molar-refractivity contribution in [1.29, 1.82) is 0 Å². The molecule has 29 heavy (non-hydrogen) atoms. The Bertz CT molecular complexity index is 1160. The van der Waals surface area contributed by atoms with Crippen LogP contribution < -0.4 is 0 Å². The molecule has 1 amide bonds. The predicted octanol–water partition coefficient (Wildman–Crippen LogP) is 2.57. The molecule has 0 bridgehead atoms. The van der Waals surface area contributed by atoms with Gasteiger partial charge in [0.25, 0.3) is 5.91 Å². The number of hydrogen-bond donors (Lipinski definition) is 0. The highest BCUT2D eigenvalue weighted by atomic mass is 35.5. The lowest BCUT2D eigenvalue weighted by molar-refractivity contribution is 0.0697. The Hall–Kier alpha value is -1.46. The maximum atomic E-state index is 12.9. The van der Waals surface area contributed by atoms with E-state index in [1.807, 2.05) is 6.92 Å². The summed E-state index contributed by atoms with van der Waals surface area (Å²) in [5, 5.41) is 0.0568. The van der Waals surface area contributed by atoms with Crippen molar-refractivity contribution in [3.05, 3.63) is 44.6 Å². The van der Waals surface area contributed by atoms with Crippen LogP contribution in [0.2, 0.25) is 5.02 Å². The molecule has 0 aliphatic carbocycles. The van der Waals surface area contributed by atoms with Crippen LogP contribution in [0.3, 0.4) is 0 Å². The van der Waals surface area contributed by atoms with Gasteiger partial charge >= 0.3 is 0 Å². The number of piperazine rings is 1. The third-order valence-corrected chi connectivity index (χ3v) is 9.42. The second-order valence-electron chi connectivity index (χ2n) is 6.89. The standard InChI is InChI=1S/C18H21ClN2O5S3/c1-12-10-16(13(2)27-12)29(25,26)21-8-6-20(7-9-21)18(22)14-4-5-15(19)17(11-14)28(3,23)24/h4-5,10-11H,6-9H2,1-3H3. The monoisotopic (exact) mass is 476 g/mol. The van der Waals surface area contributed by atoms with Crippen LogP contribution in [0, 0.1) is 13.8 Å². The van der Waals surface area contributed by atoms with E-state index in [2.05, 4.69) is 0 Å². The van der Waals surface area contributed by atoms with E-state index in [0.717, 1.165) is 16.0 Å². The fourth-order valence-electron chi connectivity index (χ4n) is 3.24. The van der Waals surface area contributed by atoms with E-state index in [4.69, 9.17) is 11.6 Å². The summed E-state index contributed by atoms with van der Waals surface area (Å²) in [6.07, 6.45) is 1.03. The normalized spacial score (nSPS) is 16.2.